The number of hydrogen-bond donors (Lipinski definition) is 0. The molecule has 0 aromatic carbocycles. The molecule has 18 heavy (non-hydrogen) atoms. The van der Waals surface area contributed by atoms with E-state index in [9.17, 15) is 0 Å². The third kappa shape index (κ3) is 4.82. The van der Waals surface area contributed by atoms with Crippen molar-refractivity contribution in [2.24, 2.45) is 0 Å². The van der Waals surface area contributed by atoms with Crippen LogP contribution in [0.4, 0.5) is 0 Å². The van der Waals surface area contributed by atoms with Crippen LogP contribution in [0, 0.1) is 0 Å². The van der Waals surface area contributed by atoms with Gasteiger partial charge < -0.3 is 4.43 Å². The molecule has 0 aromatic heterocycles. The maximum absolute atomic E-state index is 6.74. The van der Waals surface area contributed by atoms with Crippen LogP contribution in [0.15, 0.2) is 0 Å². The minimum absolute atomic E-state index is 0.112. The zero-order valence-electron chi connectivity index (χ0n) is 14.3. The lowest BCUT2D eigenvalue weighted by atomic mass is 10.4. The fraction of sp³-hybridized carbons (Fsp3) is 1.00. The molecule has 0 aliphatic carbocycles. The van der Waals surface area contributed by atoms with Crippen LogP contribution in [-0.2, 0) is 4.43 Å². The monoisotopic (exact) mass is 288 g/mol. The van der Waals surface area contributed by atoms with Gasteiger partial charge in [-0.3, -0.25) is 0 Å². The largest absolute Gasteiger partial charge is 0.415 e. The van der Waals surface area contributed by atoms with Crippen molar-refractivity contribution in [2.75, 3.05) is 0 Å². The first-order valence-corrected chi connectivity index (χ1v) is 13.9. The molecule has 0 heterocycles. The Morgan fingerprint density at radius 1 is 1.06 bits per heavy atom. The van der Waals surface area contributed by atoms with E-state index in [0.29, 0.717) is 0 Å². The van der Waals surface area contributed by atoms with Crippen LogP contribution in [0.5, 0.6) is 0 Å². The average molecular weight is 289 g/mol. The van der Waals surface area contributed by atoms with Crippen molar-refractivity contribution >= 4 is 16.4 Å². The molecule has 3 heteroatoms. The molecule has 0 N–H and O–H groups in total. The van der Waals surface area contributed by atoms with E-state index in [4.69, 9.17) is 4.43 Å². The van der Waals surface area contributed by atoms with Crippen molar-refractivity contribution in [1.82, 2.24) is 0 Å². The number of hydrogen-bond acceptors (Lipinski definition) is 1. The Hall–Kier alpha value is 0.394. The zero-order valence-corrected chi connectivity index (χ0v) is 16.3. The van der Waals surface area contributed by atoms with Crippen molar-refractivity contribution < 1.29 is 4.43 Å². The summed E-state index contributed by atoms with van der Waals surface area (Å²) >= 11 is 0. The fourth-order valence-corrected chi connectivity index (χ4v) is 8.54. The third-order valence-corrected chi connectivity index (χ3v) is 14.1. The lowest BCUT2D eigenvalue weighted by Crippen LogP contribution is -2.57. The zero-order chi connectivity index (χ0) is 14.6. The van der Waals surface area contributed by atoms with Crippen molar-refractivity contribution in [3.63, 3.8) is 0 Å². The molecule has 0 amide bonds. The first kappa shape index (κ1) is 18.4. The van der Waals surface area contributed by atoms with Crippen LogP contribution in [0.25, 0.3) is 0 Å². The molecule has 0 saturated heterocycles. The van der Waals surface area contributed by atoms with Gasteiger partial charge in [0.2, 0.25) is 0 Å². The molecule has 0 bridgehead atoms. The van der Waals surface area contributed by atoms with E-state index in [1.54, 1.807) is 0 Å². The molecule has 0 spiro atoms. The second-order valence-electron chi connectivity index (χ2n) is 7.51. The van der Waals surface area contributed by atoms with Gasteiger partial charge in [0.15, 0.2) is 8.32 Å². The van der Waals surface area contributed by atoms with Crippen LogP contribution in [0.3, 0.4) is 0 Å². The quantitative estimate of drug-likeness (QED) is 0.510. The summed E-state index contributed by atoms with van der Waals surface area (Å²) in [6.07, 6.45) is 3.91. The summed E-state index contributed by atoms with van der Waals surface area (Å²) in [4.78, 5) is 0. The van der Waals surface area contributed by atoms with Crippen molar-refractivity contribution in [1.29, 1.82) is 0 Å². The molecule has 1 atom stereocenters. The molecule has 0 aliphatic heterocycles. The second kappa shape index (κ2) is 6.71. The Kier molecular flexibility index (Phi) is 6.86. The summed E-state index contributed by atoms with van der Waals surface area (Å²) in [5.74, 6) is 0. The molecular weight excluding hydrogens is 252 g/mol. The summed E-state index contributed by atoms with van der Waals surface area (Å²) in [6, 6.07) is 1.39. The molecule has 0 aliphatic rings. The van der Waals surface area contributed by atoms with E-state index in [-0.39, 0.29) is 5.22 Å². The van der Waals surface area contributed by atoms with Gasteiger partial charge in [-0.25, -0.2) is 0 Å². The van der Waals surface area contributed by atoms with Crippen molar-refractivity contribution in [2.45, 2.75) is 96.9 Å². The molecular formula is C15H36OSi2. The van der Waals surface area contributed by atoms with Gasteiger partial charge in [-0.1, -0.05) is 59.2 Å². The lowest BCUT2D eigenvalue weighted by Gasteiger charge is -2.46. The first-order chi connectivity index (χ1) is 8.00. The van der Waals surface area contributed by atoms with Gasteiger partial charge >= 0.3 is 0 Å². The smallest absolute Gasteiger partial charge is 0.189 e. The Morgan fingerprint density at radius 2 is 1.56 bits per heavy atom. The molecule has 1 unspecified atom stereocenters. The predicted octanol–water partition coefficient (Wildman–Crippen LogP) is 5.83. The highest BCUT2D eigenvalue weighted by Crippen LogP contribution is 2.36. The maximum Gasteiger partial charge on any atom is 0.189 e. The second-order valence-corrected chi connectivity index (χ2v) is 17.4. The Labute approximate surface area is 118 Å². The molecule has 110 valence electrons. The number of rotatable bonds is 8. The van der Waals surface area contributed by atoms with E-state index >= 15 is 0 Å². The highest BCUT2D eigenvalue weighted by Gasteiger charge is 2.44. The summed E-state index contributed by atoms with van der Waals surface area (Å²) in [6.45, 7) is 21.4. The molecule has 0 saturated carbocycles. The standard InChI is InChI=1S/C15H36OSi2/c1-10-12-13-17(6,7)15(4,5)16-18(8,9)14(3)11-2/h14H,10-13H2,1-9H3. The highest BCUT2D eigenvalue weighted by molar-refractivity contribution is 6.82. The van der Waals surface area contributed by atoms with Gasteiger partial charge in [0, 0.05) is 5.22 Å². The van der Waals surface area contributed by atoms with Crippen LogP contribution >= 0.6 is 0 Å². The van der Waals surface area contributed by atoms with E-state index in [2.05, 4.69) is 60.8 Å². The molecule has 1 nitrogen and oxygen atoms in total. The van der Waals surface area contributed by atoms with Gasteiger partial charge in [0.1, 0.15) is 0 Å². The van der Waals surface area contributed by atoms with Crippen LogP contribution in [0.2, 0.25) is 37.8 Å². The van der Waals surface area contributed by atoms with E-state index < -0.39 is 16.4 Å². The Balaban J connectivity index is 4.82. The van der Waals surface area contributed by atoms with E-state index in [0.717, 1.165) is 5.54 Å². The average Bonchev–Trinajstić information content (AvgIpc) is 2.23. The van der Waals surface area contributed by atoms with Gasteiger partial charge in [-0.2, -0.15) is 0 Å². The minimum Gasteiger partial charge on any atom is -0.415 e. The third-order valence-electron chi connectivity index (χ3n) is 5.10. The Bertz CT molecular complexity index is 247. The van der Waals surface area contributed by atoms with Gasteiger partial charge in [-0.15, -0.1) is 0 Å². The lowest BCUT2D eigenvalue weighted by molar-refractivity contribution is 0.168. The van der Waals surface area contributed by atoms with Crippen LogP contribution in [0.1, 0.15) is 53.9 Å². The summed E-state index contributed by atoms with van der Waals surface area (Å²) in [5.41, 5.74) is 0.743. The summed E-state index contributed by atoms with van der Waals surface area (Å²) in [7, 11) is -2.86. The highest BCUT2D eigenvalue weighted by atomic mass is 28.4. The van der Waals surface area contributed by atoms with E-state index in [1.165, 1.54) is 25.3 Å². The van der Waals surface area contributed by atoms with Gasteiger partial charge in [0.25, 0.3) is 0 Å². The predicted molar refractivity (Wildman–Crippen MR) is 89.6 cm³/mol. The van der Waals surface area contributed by atoms with Crippen molar-refractivity contribution in [3.05, 3.63) is 0 Å². The summed E-state index contributed by atoms with van der Waals surface area (Å²) in [5, 5.41) is 0.112. The Morgan fingerprint density at radius 3 is 1.94 bits per heavy atom. The van der Waals surface area contributed by atoms with Gasteiger partial charge in [0.05, 0.1) is 8.07 Å². The topological polar surface area (TPSA) is 9.23 Å². The minimum atomic E-state index is -1.56. The number of unbranched alkanes of at least 4 members (excludes halogenated alkanes) is 1. The van der Waals surface area contributed by atoms with Gasteiger partial charge in [-0.05, 0) is 32.5 Å². The van der Waals surface area contributed by atoms with Crippen LogP contribution < -0.4 is 0 Å². The normalized spacial score (nSPS) is 15.8. The molecule has 0 radical (unpaired) electrons. The van der Waals surface area contributed by atoms with E-state index in [1.807, 2.05) is 0 Å². The molecule has 0 fully saturated rings. The first-order valence-electron chi connectivity index (χ1n) is 7.70. The molecule has 0 aromatic rings. The van der Waals surface area contributed by atoms with Crippen LogP contribution in [-0.4, -0.2) is 21.6 Å². The fourth-order valence-electron chi connectivity index (χ4n) is 2.31. The SMILES string of the molecule is CCCC[Si](C)(C)C(C)(C)O[Si](C)(C)C(C)CC. The maximum atomic E-state index is 6.74. The summed E-state index contributed by atoms with van der Waals surface area (Å²) < 4.78 is 6.74. The van der Waals surface area contributed by atoms with Crippen molar-refractivity contribution in [3.8, 4) is 0 Å². The molecule has 0 rings (SSSR count).